The molecule has 66 valence electrons. The molecule has 1 fully saturated rings. The summed E-state index contributed by atoms with van der Waals surface area (Å²) in [5, 5.41) is 12.7. The number of nitrogens with one attached hydrogen (secondary N) is 1. The Kier molecular flexibility index (Phi) is 4.26. The summed E-state index contributed by atoms with van der Waals surface area (Å²) in [6.07, 6.45) is 6.31. The Morgan fingerprint density at radius 1 is 1.36 bits per heavy atom. The molecule has 2 N–H and O–H groups in total. The van der Waals surface area contributed by atoms with Gasteiger partial charge in [-0.25, -0.2) is 0 Å². The lowest BCUT2D eigenvalue weighted by Crippen LogP contribution is -2.34. The van der Waals surface area contributed by atoms with Gasteiger partial charge in [-0.2, -0.15) is 0 Å². The molecule has 0 atom stereocenters. The van der Waals surface area contributed by atoms with E-state index in [0.717, 1.165) is 31.6 Å². The number of thioether (sulfide) groups is 1. The van der Waals surface area contributed by atoms with E-state index in [1.54, 1.807) is 0 Å². The van der Waals surface area contributed by atoms with Crippen molar-refractivity contribution < 1.29 is 5.11 Å². The van der Waals surface area contributed by atoms with Crippen molar-refractivity contribution in [3.8, 4) is 0 Å². The van der Waals surface area contributed by atoms with Gasteiger partial charge in [-0.3, -0.25) is 0 Å². The highest BCUT2D eigenvalue weighted by molar-refractivity contribution is 7.98. The average Bonchev–Trinajstić information content (AvgIpc) is 2.04. The molecule has 3 heteroatoms. The average molecular weight is 175 g/mol. The van der Waals surface area contributed by atoms with E-state index in [-0.39, 0.29) is 6.10 Å². The van der Waals surface area contributed by atoms with Gasteiger partial charge < -0.3 is 10.4 Å². The molecule has 0 spiro atoms. The van der Waals surface area contributed by atoms with E-state index in [4.69, 9.17) is 0 Å². The highest BCUT2D eigenvalue weighted by atomic mass is 32.2. The molecule has 0 unspecified atom stereocenters. The monoisotopic (exact) mass is 175 g/mol. The van der Waals surface area contributed by atoms with Gasteiger partial charge in [0.15, 0.2) is 0 Å². The highest BCUT2D eigenvalue weighted by Gasteiger charge is 2.17. The molecule has 1 aliphatic rings. The first-order chi connectivity index (χ1) is 5.33. The van der Waals surface area contributed by atoms with Gasteiger partial charge in [-0.15, -0.1) is 11.8 Å². The van der Waals surface area contributed by atoms with Crippen LogP contribution in [0.25, 0.3) is 0 Å². The second-order valence-corrected chi connectivity index (χ2v) is 4.01. The second-order valence-electron chi connectivity index (χ2n) is 3.14. The van der Waals surface area contributed by atoms with Crippen molar-refractivity contribution in [2.45, 2.75) is 37.8 Å². The zero-order valence-electron chi connectivity index (χ0n) is 7.05. The lowest BCUT2D eigenvalue weighted by molar-refractivity contribution is 0.118. The molecule has 0 aromatic rings. The third kappa shape index (κ3) is 3.45. The van der Waals surface area contributed by atoms with Gasteiger partial charge in [-0.05, 0) is 31.9 Å². The summed E-state index contributed by atoms with van der Waals surface area (Å²) >= 11 is 1.82. The molecule has 0 aromatic carbocycles. The van der Waals surface area contributed by atoms with Crippen molar-refractivity contribution in [3.05, 3.63) is 0 Å². The van der Waals surface area contributed by atoms with Crippen LogP contribution in [0.1, 0.15) is 25.7 Å². The molecule has 1 saturated carbocycles. The summed E-state index contributed by atoms with van der Waals surface area (Å²) in [5.41, 5.74) is 0. The van der Waals surface area contributed by atoms with Gasteiger partial charge in [0.1, 0.15) is 0 Å². The van der Waals surface area contributed by atoms with E-state index in [2.05, 4.69) is 11.6 Å². The fraction of sp³-hybridized carbons (Fsp3) is 1.00. The standard InChI is InChI=1S/C8H17NOS/c1-11-6-9-7-2-4-8(10)5-3-7/h7-10H,2-6H2,1H3. The molecular weight excluding hydrogens is 158 g/mol. The summed E-state index contributed by atoms with van der Waals surface area (Å²) in [5.74, 6) is 1.04. The predicted octanol–water partition coefficient (Wildman–Crippen LogP) is 1.20. The van der Waals surface area contributed by atoms with Crippen molar-refractivity contribution in [3.63, 3.8) is 0 Å². The molecule has 0 saturated heterocycles. The molecule has 0 heterocycles. The molecule has 0 bridgehead atoms. The van der Waals surface area contributed by atoms with E-state index >= 15 is 0 Å². The molecule has 0 amide bonds. The van der Waals surface area contributed by atoms with Crippen molar-refractivity contribution >= 4 is 11.8 Å². The van der Waals surface area contributed by atoms with Gasteiger partial charge >= 0.3 is 0 Å². The van der Waals surface area contributed by atoms with E-state index in [1.807, 2.05) is 11.8 Å². The lowest BCUT2D eigenvalue weighted by atomic mass is 9.93. The summed E-state index contributed by atoms with van der Waals surface area (Å²) in [4.78, 5) is 0. The fourth-order valence-electron chi connectivity index (χ4n) is 1.48. The highest BCUT2D eigenvalue weighted by Crippen LogP contribution is 2.18. The van der Waals surface area contributed by atoms with Crippen molar-refractivity contribution in [2.24, 2.45) is 0 Å². The molecule has 11 heavy (non-hydrogen) atoms. The van der Waals surface area contributed by atoms with Crippen LogP contribution in [0.4, 0.5) is 0 Å². The van der Waals surface area contributed by atoms with Crippen LogP contribution in [0.5, 0.6) is 0 Å². The molecule has 0 aliphatic heterocycles. The van der Waals surface area contributed by atoms with Gasteiger partial charge in [0.25, 0.3) is 0 Å². The Balaban J connectivity index is 2.07. The Hall–Kier alpha value is 0.270. The van der Waals surface area contributed by atoms with Crippen LogP contribution in [0.2, 0.25) is 0 Å². The minimum atomic E-state index is -0.0256. The smallest absolute Gasteiger partial charge is 0.0541 e. The minimum Gasteiger partial charge on any atom is -0.393 e. The maximum Gasteiger partial charge on any atom is 0.0541 e. The fourth-order valence-corrected chi connectivity index (χ4v) is 1.88. The number of aliphatic hydroxyl groups is 1. The third-order valence-corrected chi connectivity index (χ3v) is 2.67. The first kappa shape index (κ1) is 9.36. The van der Waals surface area contributed by atoms with Crippen molar-refractivity contribution in [1.29, 1.82) is 0 Å². The van der Waals surface area contributed by atoms with Crippen molar-refractivity contribution in [2.75, 3.05) is 12.1 Å². The minimum absolute atomic E-state index is 0.0256. The molecule has 2 nitrogen and oxygen atoms in total. The Morgan fingerprint density at radius 2 is 2.00 bits per heavy atom. The van der Waals surface area contributed by atoms with Crippen LogP contribution in [-0.2, 0) is 0 Å². The topological polar surface area (TPSA) is 32.3 Å². The molecule has 1 aliphatic carbocycles. The van der Waals surface area contributed by atoms with Crippen LogP contribution < -0.4 is 5.32 Å². The Bertz CT molecular complexity index is 99.5. The zero-order chi connectivity index (χ0) is 8.10. The number of aliphatic hydroxyl groups excluding tert-OH is 1. The van der Waals surface area contributed by atoms with Gasteiger partial charge in [-0.1, -0.05) is 0 Å². The van der Waals surface area contributed by atoms with Gasteiger partial charge in [0.2, 0.25) is 0 Å². The normalized spacial score (nSPS) is 32.2. The second kappa shape index (κ2) is 5.01. The first-order valence-corrected chi connectivity index (χ1v) is 5.62. The van der Waals surface area contributed by atoms with Crippen LogP contribution >= 0.6 is 11.8 Å². The van der Waals surface area contributed by atoms with Crippen LogP contribution in [0.15, 0.2) is 0 Å². The van der Waals surface area contributed by atoms with E-state index < -0.39 is 0 Å². The van der Waals surface area contributed by atoms with E-state index in [1.165, 1.54) is 0 Å². The molecule has 0 aromatic heterocycles. The number of rotatable bonds is 3. The Labute approximate surface area is 72.8 Å². The van der Waals surface area contributed by atoms with Gasteiger partial charge in [0, 0.05) is 11.9 Å². The summed E-state index contributed by atoms with van der Waals surface area (Å²) in [6.45, 7) is 0. The van der Waals surface area contributed by atoms with Gasteiger partial charge in [0.05, 0.1) is 6.10 Å². The summed E-state index contributed by atoms with van der Waals surface area (Å²) in [7, 11) is 0. The van der Waals surface area contributed by atoms with Crippen LogP contribution in [-0.4, -0.2) is 29.4 Å². The zero-order valence-corrected chi connectivity index (χ0v) is 7.86. The van der Waals surface area contributed by atoms with E-state index in [0.29, 0.717) is 6.04 Å². The largest absolute Gasteiger partial charge is 0.393 e. The summed E-state index contributed by atoms with van der Waals surface area (Å²) in [6, 6.07) is 0.658. The van der Waals surface area contributed by atoms with E-state index in [9.17, 15) is 5.11 Å². The third-order valence-electron chi connectivity index (χ3n) is 2.21. The maximum absolute atomic E-state index is 9.22. The first-order valence-electron chi connectivity index (χ1n) is 4.23. The molecule has 1 rings (SSSR count). The molecular formula is C8H17NOS. The SMILES string of the molecule is CSCNC1CCC(O)CC1. The Morgan fingerprint density at radius 3 is 2.55 bits per heavy atom. The van der Waals surface area contributed by atoms with Crippen molar-refractivity contribution in [1.82, 2.24) is 5.32 Å². The summed E-state index contributed by atoms with van der Waals surface area (Å²) < 4.78 is 0. The predicted molar refractivity (Wildman–Crippen MR) is 49.8 cm³/mol. The quantitative estimate of drug-likeness (QED) is 0.632. The number of hydrogen-bond donors (Lipinski definition) is 2. The van der Waals surface area contributed by atoms with Crippen LogP contribution in [0, 0.1) is 0 Å². The lowest BCUT2D eigenvalue weighted by Gasteiger charge is -2.25. The number of hydrogen-bond acceptors (Lipinski definition) is 3. The maximum atomic E-state index is 9.22. The molecule has 0 radical (unpaired) electrons. The van der Waals surface area contributed by atoms with Crippen LogP contribution in [0.3, 0.4) is 0 Å².